The number of thiophene rings is 1. The highest BCUT2D eigenvalue weighted by Gasteiger charge is 2.32. The van der Waals surface area contributed by atoms with Gasteiger partial charge in [-0.3, -0.25) is 4.79 Å². The van der Waals surface area contributed by atoms with Crippen LogP contribution in [0.2, 0.25) is 0 Å². The van der Waals surface area contributed by atoms with Gasteiger partial charge in [-0.05, 0) is 60.4 Å². The third-order valence-corrected chi connectivity index (χ3v) is 7.75. The Morgan fingerprint density at radius 1 is 1.37 bits per heavy atom. The lowest BCUT2D eigenvalue weighted by Crippen LogP contribution is -2.26. The summed E-state index contributed by atoms with van der Waals surface area (Å²) in [5.74, 6) is 0.886. The van der Waals surface area contributed by atoms with Crippen LogP contribution in [-0.4, -0.2) is 11.7 Å². The van der Waals surface area contributed by atoms with Gasteiger partial charge < -0.3 is 5.32 Å². The average Bonchev–Trinajstić information content (AvgIpc) is 2.96. The number of hydrogen-bond acceptors (Lipinski definition) is 4. The number of hydrogen-bond donors (Lipinski definition) is 1. The van der Waals surface area contributed by atoms with Crippen LogP contribution in [0.5, 0.6) is 0 Å². The minimum atomic E-state index is -0.0645. The van der Waals surface area contributed by atoms with E-state index in [4.69, 9.17) is 0 Å². The van der Waals surface area contributed by atoms with Crippen molar-refractivity contribution in [1.29, 1.82) is 5.26 Å². The van der Waals surface area contributed by atoms with Gasteiger partial charge in [-0.15, -0.1) is 23.1 Å². The van der Waals surface area contributed by atoms with Crippen LogP contribution in [0.3, 0.4) is 0 Å². The molecule has 1 aliphatic carbocycles. The molecule has 1 heterocycles. The number of benzene rings is 1. The molecule has 6 heteroatoms. The fourth-order valence-electron chi connectivity index (χ4n) is 3.37. The molecule has 1 atom stereocenters. The molecule has 0 radical (unpaired) electrons. The normalized spacial score (nSPS) is 16.5. The number of nitrogens with one attached hydrogen (secondary N) is 1. The lowest BCUT2D eigenvalue weighted by atomic mass is 9.72. The van der Waals surface area contributed by atoms with Crippen molar-refractivity contribution in [3.63, 3.8) is 0 Å². The van der Waals surface area contributed by atoms with Crippen molar-refractivity contribution in [3.8, 4) is 6.07 Å². The Bertz CT molecular complexity index is 875. The van der Waals surface area contributed by atoms with Crippen molar-refractivity contribution < 1.29 is 4.79 Å². The molecule has 1 aromatic carbocycles. The largest absolute Gasteiger partial charge is 0.316 e. The molecule has 3 rings (SSSR count). The molecule has 3 nitrogen and oxygen atoms in total. The molecule has 0 spiro atoms. The summed E-state index contributed by atoms with van der Waals surface area (Å²) in [5.41, 5.74) is 2.09. The van der Waals surface area contributed by atoms with Gasteiger partial charge in [-0.2, -0.15) is 5.26 Å². The summed E-state index contributed by atoms with van der Waals surface area (Å²) in [7, 11) is 0. The van der Waals surface area contributed by atoms with E-state index in [1.54, 1.807) is 11.3 Å². The van der Waals surface area contributed by atoms with Crippen molar-refractivity contribution in [1.82, 2.24) is 0 Å². The van der Waals surface area contributed by atoms with Crippen molar-refractivity contribution in [2.45, 2.75) is 44.9 Å². The van der Waals surface area contributed by atoms with Crippen molar-refractivity contribution in [2.75, 3.05) is 11.1 Å². The fraction of sp³-hybridized carbons (Fsp3) is 0.429. The Hall–Kier alpha value is -1.29. The minimum Gasteiger partial charge on any atom is -0.316 e. The Morgan fingerprint density at radius 2 is 2.07 bits per heavy atom. The summed E-state index contributed by atoms with van der Waals surface area (Å²) in [6.45, 7) is 6.84. The highest BCUT2D eigenvalue weighted by molar-refractivity contribution is 9.10. The van der Waals surface area contributed by atoms with Gasteiger partial charge in [-0.1, -0.05) is 36.7 Å². The van der Waals surface area contributed by atoms with E-state index in [1.807, 2.05) is 24.3 Å². The Labute approximate surface area is 177 Å². The summed E-state index contributed by atoms with van der Waals surface area (Å²) >= 11 is 6.50. The second-order valence-electron chi connectivity index (χ2n) is 7.92. The van der Waals surface area contributed by atoms with E-state index in [2.05, 4.69) is 48.1 Å². The van der Waals surface area contributed by atoms with Crippen LogP contribution in [0.4, 0.5) is 5.00 Å². The van der Waals surface area contributed by atoms with Crippen LogP contribution in [0.25, 0.3) is 0 Å². The summed E-state index contributed by atoms with van der Waals surface area (Å²) in [4.78, 5) is 14.7. The Morgan fingerprint density at radius 3 is 2.70 bits per heavy atom. The molecule has 0 fully saturated rings. The van der Waals surface area contributed by atoms with E-state index < -0.39 is 0 Å². The predicted octanol–water partition coefficient (Wildman–Crippen LogP) is 6.26. The number of carbonyl (C=O) groups is 1. The van der Waals surface area contributed by atoms with Crippen LogP contribution >= 0.6 is 39.0 Å². The number of amides is 1. The molecule has 0 bridgehead atoms. The van der Waals surface area contributed by atoms with Gasteiger partial charge in [0, 0.05) is 14.2 Å². The lowest BCUT2D eigenvalue weighted by Gasteiger charge is -2.33. The second kappa shape index (κ2) is 8.38. The zero-order valence-corrected chi connectivity index (χ0v) is 19.0. The number of rotatable bonds is 4. The number of anilines is 1. The topological polar surface area (TPSA) is 52.9 Å². The number of nitrogens with zero attached hydrogens (tertiary/aromatic N) is 1. The minimum absolute atomic E-state index is 0.0645. The van der Waals surface area contributed by atoms with Gasteiger partial charge in [0.05, 0.1) is 11.3 Å². The molecule has 0 saturated carbocycles. The molecule has 2 aromatic rings. The third-order valence-electron chi connectivity index (χ3n) is 5.04. The van der Waals surface area contributed by atoms with Gasteiger partial charge >= 0.3 is 0 Å². The first-order valence-electron chi connectivity index (χ1n) is 9.00. The van der Waals surface area contributed by atoms with Crippen LogP contribution in [0.15, 0.2) is 33.6 Å². The number of halogens is 1. The van der Waals surface area contributed by atoms with Crippen molar-refractivity contribution >= 4 is 49.9 Å². The van der Waals surface area contributed by atoms with E-state index >= 15 is 0 Å². The smallest absolute Gasteiger partial charge is 0.235 e. The average molecular weight is 463 g/mol. The third kappa shape index (κ3) is 4.96. The predicted molar refractivity (Wildman–Crippen MR) is 117 cm³/mol. The Balaban J connectivity index is 1.68. The van der Waals surface area contributed by atoms with E-state index in [0.29, 0.717) is 17.2 Å². The van der Waals surface area contributed by atoms with Crippen LogP contribution in [-0.2, 0) is 17.6 Å². The molecule has 0 aliphatic heterocycles. The van der Waals surface area contributed by atoms with Gasteiger partial charge in [0.25, 0.3) is 0 Å². The van der Waals surface area contributed by atoms with Gasteiger partial charge in [0.2, 0.25) is 5.91 Å². The maximum absolute atomic E-state index is 12.4. The summed E-state index contributed by atoms with van der Waals surface area (Å²) in [6.07, 6.45) is 3.04. The first kappa shape index (κ1) is 20.4. The zero-order valence-electron chi connectivity index (χ0n) is 15.8. The molecular formula is C21H23BrN2OS2. The number of fused-ring (bicyclic) bond motifs is 1. The van der Waals surface area contributed by atoms with Crippen molar-refractivity contribution in [2.24, 2.45) is 11.3 Å². The molecule has 0 saturated heterocycles. The number of thioether (sulfide) groups is 1. The molecular weight excluding hydrogens is 440 g/mol. The number of carbonyl (C=O) groups excluding carboxylic acids is 1. The van der Waals surface area contributed by atoms with Gasteiger partial charge in [-0.25, -0.2) is 0 Å². The fourth-order valence-corrected chi connectivity index (χ4v) is 5.63. The maximum Gasteiger partial charge on any atom is 0.235 e. The highest BCUT2D eigenvalue weighted by Crippen LogP contribution is 2.44. The lowest BCUT2D eigenvalue weighted by molar-refractivity contribution is -0.113. The van der Waals surface area contributed by atoms with Crippen LogP contribution < -0.4 is 5.32 Å². The molecule has 1 N–H and O–H groups in total. The quantitative estimate of drug-likeness (QED) is 0.544. The van der Waals surface area contributed by atoms with E-state index in [1.165, 1.54) is 16.6 Å². The Kier molecular flexibility index (Phi) is 6.35. The second-order valence-corrected chi connectivity index (χ2v) is 11.0. The highest BCUT2D eigenvalue weighted by atomic mass is 79.9. The molecule has 0 unspecified atom stereocenters. The first-order valence-corrected chi connectivity index (χ1v) is 11.6. The van der Waals surface area contributed by atoms with E-state index in [0.717, 1.165) is 39.2 Å². The summed E-state index contributed by atoms with van der Waals surface area (Å²) < 4.78 is 1.02. The SMILES string of the molecule is CC(C)(C)[C@H]1CCc2c(sc(NC(=O)CSc3ccc(Br)cc3)c2C#N)C1. The van der Waals surface area contributed by atoms with E-state index in [9.17, 15) is 10.1 Å². The summed E-state index contributed by atoms with van der Waals surface area (Å²) in [6, 6.07) is 10.2. The van der Waals surface area contributed by atoms with Crippen LogP contribution in [0, 0.1) is 22.7 Å². The number of nitriles is 1. The van der Waals surface area contributed by atoms with Gasteiger partial charge in [0.15, 0.2) is 0 Å². The van der Waals surface area contributed by atoms with E-state index in [-0.39, 0.29) is 11.3 Å². The molecule has 1 aliphatic rings. The zero-order chi connectivity index (χ0) is 19.6. The molecule has 1 aromatic heterocycles. The summed E-state index contributed by atoms with van der Waals surface area (Å²) in [5, 5.41) is 13.3. The van der Waals surface area contributed by atoms with Crippen LogP contribution in [0.1, 0.15) is 43.2 Å². The molecule has 142 valence electrons. The first-order chi connectivity index (χ1) is 12.8. The van der Waals surface area contributed by atoms with Crippen molar-refractivity contribution in [3.05, 3.63) is 44.7 Å². The standard InChI is InChI=1S/C21H23BrN2OS2/c1-21(2,3)13-4-9-16-17(11-23)20(27-18(16)10-13)24-19(25)12-26-15-7-5-14(22)6-8-15/h5-8,13H,4,9-10,12H2,1-3H3,(H,24,25)/t13-/m0/s1. The van der Waals surface area contributed by atoms with Gasteiger partial charge in [0.1, 0.15) is 11.1 Å². The molecule has 27 heavy (non-hydrogen) atoms. The maximum atomic E-state index is 12.4. The molecule has 1 amide bonds. The monoisotopic (exact) mass is 462 g/mol.